The van der Waals surface area contributed by atoms with E-state index in [0.717, 1.165) is 51.4 Å². The molecule has 0 rings (SSSR count). The molecule has 0 aromatic carbocycles. The highest BCUT2D eigenvalue weighted by atomic mass is 16.1. The summed E-state index contributed by atoms with van der Waals surface area (Å²) >= 11 is 0. The number of rotatable bonds is 14. The van der Waals surface area contributed by atoms with E-state index >= 15 is 0 Å². The Bertz CT molecular complexity index is 267. The molecule has 2 amide bonds. The van der Waals surface area contributed by atoms with Crippen LogP contribution in [0, 0.1) is 5.92 Å². The topological polar surface area (TPSA) is 86.2 Å². The molecule has 0 saturated carbocycles. The molecule has 0 saturated heterocycles. The molecule has 0 spiro atoms. The van der Waals surface area contributed by atoms with E-state index in [9.17, 15) is 9.59 Å². The predicted molar refractivity (Wildman–Crippen MR) is 83.0 cm³/mol. The Labute approximate surface area is 123 Å². The molecule has 0 radical (unpaired) electrons. The molecule has 0 aliphatic carbocycles. The van der Waals surface area contributed by atoms with Gasteiger partial charge in [-0.1, -0.05) is 58.3 Å². The molecule has 0 heterocycles. The third kappa shape index (κ3) is 12.0. The molecule has 1 unspecified atom stereocenters. The number of unbranched alkanes of at least 4 members (excludes halogenated alkanes) is 7. The van der Waals surface area contributed by atoms with Crippen LogP contribution >= 0.6 is 0 Å². The highest BCUT2D eigenvalue weighted by molar-refractivity contribution is 5.76. The number of nitrogens with two attached hydrogens (primary N) is 2. The van der Waals surface area contributed by atoms with E-state index in [1.54, 1.807) is 0 Å². The number of hydrogen-bond acceptors (Lipinski definition) is 2. The molecule has 4 heteroatoms. The van der Waals surface area contributed by atoms with Crippen LogP contribution in [0.3, 0.4) is 0 Å². The van der Waals surface area contributed by atoms with Crippen molar-refractivity contribution < 1.29 is 9.59 Å². The van der Waals surface area contributed by atoms with Gasteiger partial charge in [0.25, 0.3) is 0 Å². The van der Waals surface area contributed by atoms with Gasteiger partial charge in [-0.15, -0.1) is 0 Å². The van der Waals surface area contributed by atoms with Gasteiger partial charge >= 0.3 is 0 Å². The Hall–Kier alpha value is -1.06. The minimum absolute atomic E-state index is 0.0532. The molecule has 4 nitrogen and oxygen atoms in total. The number of carbonyl (C=O) groups is 2. The smallest absolute Gasteiger partial charge is 0.220 e. The summed E-state index contributed by atoms with van der Waals surface area (Å²) in [6, 6.07) is 0. The normalized spacial score (nSPS) is 12.2. The second-order valence-electron chi connectivity index (χ2n) is 5.72. The number of hydrogen-bond donors (Lipinski definition) is 2. The van der Waals surface area contributed by atoms with E-state index in [1.807, 2.05) is 0 Å². The summed E-state index contributed by atoms with van der Waals surface area (Å²) in [5.74, 6) is -0.307. The van der Waals surface area contributed by atoms with Crippen molar-refractivity contribution in [2.45, 2.75) is 84.0 Å². The fourth-order valence-corrected chi connectivity index (χ4v) is 2.47. The second kappa shape index (κ2) is 12.9. The summed E-state index contributed by atoms with van der Waals surface area (Å²) in [6.45, 7) is 2.18. The molecule has 118 valence electrons. The Morgan fingerprint density at radius 1 is 0.800 bits per heavy atom. The lowest BCUT2D eigenvalue weighted by molar-refractivity contribution is -0.122. The van der Waals surface area contributed by atoms with Gasteiger partial charge in [-0.05, 0) is 19.3 Å². The summed E-state index contributed by atoms with van der Waals surface area (Å²) in [5, 5.41) is 0. The molecule has 1 atom stereocenters. The highest BCUT2D eigenvalue weighted by Gasteiger charge is 2.14. The standard InChI is InChI=1S/C16H32N2O2/c1-2-3-4-8-11-14(16(18)20)12-9-6-5-7-10-13-15(17)19/h14H,2-13H2,1H3,(H2,17,19)(H2,18,20). The average Bonchev–Trinajstić information content (AvgIpc) is 2.39. The van der Waals surface area contributed by atoms with Gasteiger partial charge in [0.15, 0.2) is 0 Å². The van der Waals surface area contributed by atoms with Crippen molar-refractivity contribution >= 4 is 11.8 Å². The molecule has 20 heavy (non-hydrogen) atoms. The van der Waals surface area contributed by atoms with Crippen LogP contribution in [0.2, 0.25) is 0 Å². The highest BCUT2D eigenvalue weighted by Crippen LogP contribution is 2.18. The fraction of sp³-hybridized carbons (Fsp3) is 0.875. The van der Waals surface area contributed by atoms with Gasteiger partial charge in [0.1, 0.15) is 0 Å². The van der Waals surface area contributed by atoms with E-state index in [4.69, 9.17) is 11.5 Å². The lowest BCUT2D eigenvalue weighted by Gasteiger charge is -2.12. The molecule has 0 aliphatic rings. The summed E-state index contributed by atoms with van der Waals surface area (Å²) in [7, 11) is 0. The first-order chi connectivity index (χ1) is 9.57. The Kier molecular flexibility index (Phi) is 12.3. The van der Waals surface area contributed by atoms with Crippen LogP contribution < -0.4 is 11.5 Å². The fourth-order valence-electron chi connectivity index (χ4n) is 2.47. The van der Waals surface area contributed by atoms with Crippen LogP contribution in [0.15, 0.2) is 0 Å². The maximum Gasteiger partial charge on any atom is 0.220 e. The van der Waals surface area contributed by atoms with Crippen molar-refractivity contribution in [2.75, 3.05) is 0 Å². The zero-order valence-electron chi connectivity index (χ0n) is 13.0. The van der Waals surface area contributed by atoms with Crippen LogP contribution in [-0.2, 0) is 9.59 Å². The monoisotopic (exact) mass is 284 g/mol. The van der Waals surface area contributed by atoms with Crippen molar-refractivity contribution in [3.63, 3.8) is 0 Å². The van der Waals surface area contributed by atoms with Crippen LogP contribution in [0.4, 0.5) is 0 Å². The van der Waals surface area contributed by atoms with Gasteiger partial charge < -0.3 is 11.5 Å². The third-order valence-corrected chi connectivity index (χ3v) is 3.78. The van der Waals surface area contributed by atoms with E-state index in [1.165, 1.54) is 19.3 Å². The van der Waals surface area contributed by atoms with Crippen LogP contribution in [0.5, 0.6) is 0 Å². The van der Waals surface area contributed by atoms with Gasteiger partial charge in [0.2, 0.25) is 11.8 Å². The van der Waals surface area contributed by atoms with Crippen molar-refractivity contribution in [1.82, 2.24) is 0 Å². The van der Waals surface area contributed by atoms with Crippen molar-refractivity contribution in [3.8, 4) is 0 Å². The Morgan fingerprint density at radius 2 is 1.30 bits per heavy atom. The molecule has 0 aromatic rings. The maximum absolute atomic E-state index is 11.4. The lowest BCUT2D eigenvalue weighted by atomic mass is 9.94. The van der Waals surface area contributed by atoms with E-state index in [-0.39, 0.29) is 17.7 Å². The number of amides is 2. The molecule has 0 aromatic heterocycles. The second-order valence-corrected chi connectivity index (χ2v) is 5.72. The Morgan fingerprint density at radius 3 is 1.80 bits per heavy atom. The summed E-state index contributed by atoms with van der Waals surface area (Å²) in [6.07, 6.45) is 12.3. The molecule has 0 bridgehead atoms. The molecule has 0 fully saturated rings. The minimum Gasteiger partial charge on any atom is -0.370 e. The number of primary amides is 2. The van der Waals surface area contributed by atoms with Crippen molar-refractivity contribution in [3.05, 3.63) is 0 Å². The summed E-state index contributed by atoms with van der Waals surface area (Å²) in [5.41, 5.74) is 10.5. The lowest BCUT2D eigenvalue weighted by Crippen LogP contribution is -2.23. The molecule has 4 N–H and O–H groups in total. The van der Waals surface area contributed by atoms with Gasteiger partial charge in [0, 0.05) is 12.3 Å². The van der Waals surface area contributed by atoms with Gasteiger partial charge in [0.05, 0.1) is 0 Å². The predicted octanol–water partition coefficient (Wildman–Crippen LogP) is 3.27. The summed E-state index contributed by atoms with van der Waals surface area (Å²) in [4.78, 5) is 21.9. The van der Waals surface area contributed by atoms with E-state index < -0.39 is 0 Å². The summed E-state index contributed by atoms with van der Waals surface area (Å²) < 4.78 is 0. The van der Waals surface area contributed by atoms with Crippen molar-refractivity contribution in [1.29, 1.82) is 0 Å². The van der Waals surface area contributed by atoms with Gasteiger partial charge in [-0.3, -0.25) is 9.59 Å². The van der Waals surface area contributed by atoms with Gasteiger partial charge in [-0.2, -0.15) is 0 Å². The molecular weight excluding hydrogens is 252 g/mol. The van der Waals surface area contributed by atoms with E-state index in [2.05, 4.69) is 6.92 Å². The maximum atomic E-state index is 11.4. The largest absolute Gasteiger partial charge is 0.370 e. The third-order valence-electron chi connectivity index (χ3n) is 3.78. The van der Waals surface area contributed by atoms with E-state index in [0.29, 0.717) is 6.42 Å². The number of carbonyl (C=O) groups excluding carboxylic acids is 2. The SMILES string of the molecule is CCCCCCC(CCCCCCCC(N)=O)C(N)=O. The average molecular weight is 284 g/mol. The van der Waals surface area contributed by atoms with Crippen molar-refractivity contribution in [2.24, 2.45) is 17.4 Å². The zero-order chi connectivity index (χ0) is 15.2. The van der Waals surface area contributed by atoms with Crippen LogP contribution in [0.1, 0.15) is 84.0 Å². The Balaban J connectivity index is 3.55. The van der Waals surface area contributed by atoms with Gasteiger partial charge in [-0.25, -0.2) is 0 Å². The van der Waals surface area contributed by atoms with Crippen LogP contribution in [0.25, 0.3) is 0 Å². The first-order valence-electron chi connectivity index (χ1n) is 8.15. The zero-order valence-corrected chi connectivity index (χ0v) is 13.0. The molecular formula is C16H32N2O2. The molecule has 0 aliphatic heterocycles. The van der Waals surface area contributed by atoms with Crippen LogP contribution in [-0.4, -0.2) is 11.8 Å². The minimum atomic E-state index is -0.217. The first-order valence-corrected chi connectivity index (χ1v) is 8.15. The first kappa shape index (κ1) is 18.9. The quantitative estimate of drug-likeness (QED) is 0.480.